The smallest absolute Gasteiger partial charge is 0.351 e. The molecule has 0 bridgehead atoms. The number of rotatable bonds is 7. The number of hydrogen-bond donors (Lipinski definition) is 1. The van der Waals surface area contributed by atoms with Crippen molar-refractivity contribution in [2.45, 2.75) is 51.8 Å². The van der Waals surface area contributed by atoms with Crippen LogP contribution in [-0.4, -0.2) is 51.9 Å². The van der Waals surface area contributed by atoms with E-state index in [1.54, 1.807) is 27.7 Å². The van der Waals surface area contributed by atoms with Gasteiger partial charge in [-0.05, 0) is 6.07 Å². The molecule has 2 rings (SSSR count). The minimum absolute atomic E-state index is 0.0445. The van der Waals surface area contributed by atoms with Gasteiger partial charge in [0, 0.05) is 6.20 Å². The highest BCUT2D eigenvalue weighted by atomic mass is 35.5. The Hall–Kier alpha value is -2.20. The summed E-state index contributed by atoms with van der Waals surface area (Å²) in [6, 6.07) is 1.30. The van der Waals surface area contributed by atoms with Crippen molar-refractivity contribution in [2.75, 3.05) is 18.2 Å². The summed E-state index contributed by atoms with van der Waals surface area (Å²) in [4.78, 5) is 39.8. The molecule has 2 N–H and O–H groups in total. The van der Waals surface area contributed by atoms with Gasteiger partial charge in [0.25, 0.3) is 0 Å². The van der Waals surface area contributed by atoms with Gasteiger partial charge in [-0.2, -0.15) is 4.98 Å². The number of nitrogens with zero attached hydrogens (tertiary/aromatic N) is 2. The van der Waals surface area contributed by atoms with Crippen molar-refractivity contribution in [3.8, 4) is 0 Å². The number of anilines is 1. The van der Waals surface area contributed by atoms with Crippen LogP contribution in [0.2, 0.25) is 0 Å². The molecule has 4 atom stereocenters. The van der Waals surface area contributed by atoms with E-state index in [9.17, 15) is 14.4 Å². The van der Waals surface area contributed by atoms with Crippen molar-refractivity contribution < 1.29 is 28.2 Å². The summed E-state index contributed by atoms with van der Waals surface area (Å²) in [6.07, 6.45) is -3.77. The Labute approximate surface area is 172 Å². The van der Waals surface area contributed by atoms with E-state index in [4.69, 9.17) is 31.5 Å². The Bertz CT molecular complexity index is 817. The number of aromatic nitrogens is 2. The predicted molar refractivity (Wildman–Crippen MR) is 102 cm³/mol. The van der Waals surface area contributed by atoms with Crippen molar-refractivity contribution in [1.29, 1.82) is 0 Å². The van der Waals surface area contributed by atoms with Gasteiger partial charge in [-0.3, -0.25) is 14.2 Å². The van der Waals surface area contributed by atoms with Gasteiger partial charge in [0.1, 0.15) is 12.4 Å². The van der Waals surface area contributed by atoms with Gasteiger partial charge in [-0.25, -0.2) is 9.18 Å². The molecule has 0 spiro atoms. The van der Waals surface area contributed by atoms with E-state index in [1.807, 2.05) is 0 Å². The monoisotopic (exact) mass is 433 g/mol. The van der Waals surface area contributed by atoms with E-state index in [1.165, 1.54) is 12.3 Å². The predicted octanol–water partition coefficient (Wildman–Crippen LogP) is 1.44. The molecular weight excluding hydrogens is 409 g/mol. The lowest BCUT2D eigenvalue weighted by Crippen LogP contribution is -2.51. The summed E-state index contributed by atoms with van der Waals surface area (Å²) in [5, 5.41) is 0. The topological polar surface area (TPSA) is 123 Å². The van der Waals surface area contributed by atoms with Crippen LogP contribution in [0.1, 0.15) is 33.9 Å². The molecule has 1 aliphatic heterocycles. The summed E-state index contributed by atoms with van der Waals surface area (Å²) in [5.41, 5.74) is 2.93. The lowest BCUT2D eigenvalue weighted by atomic mass is 9.98. The van der Waals surface area contributed by atoms with Gasteiger partial charge >= 0.3 is 17.6 Å². The lowest BCUT2D eigenvalue weighted by Gasteiger charge is -2.32. The van der Waals surface area contributed by atoms with Crippen molar-refractivity contribution in [1.82, 2.24) is 9.55 Å². The first-order valence-electron chi connectivity index (χ1n) is 9.12. The molecule has 0 unspecified atom stereocenters. The first-order valence-corrected chi connectivity index (χ1v) is 9.65. The minimum Gasteiger partial charge on any atom is -0.462 e. The Morgan fingerprint density at radius 1 is 1.34 bits per heavy atom. The summed E-state index contributed by atoms with van der Waals surface area (Å²) >= 11 is 6.07. The second-order valence-electron chi connectivity index (χ2n) is 7.47. The van der Waals surface area contributed by atoms with Gasteiger partial charge in [0.2, 0.25) is 0 Å². The standard InChI is InChI=1S/C18H25ClFN3O6/c1-9(2)15(24)27-8-18(7-19)13(28-16(25)10(3)4)12(20)14(29-18)23-6-5-11(21)22-17(23)26/h5-6,9-10,12-14H,7-8H2,1-4H3,(H2,21,22,26)/t12-,13-,14+,18+/m0/s1. The Balaban J connectivity index is 2.42. The SMILES string of the molecule is CC(C)C(=O)OC[C@@]1(CCl)O[C@@H](n2ccc(N)nc2=O)[C@@H](F)[C@@H]1OC(=O)C(C)C. The van der Waals surface area contributed by atoms with E-state index in [-0.39, 0.29) is 11.7 Å². The number of hydrogen-bond acceptors (Lipinski definition) is 8. The van der Waals surface area contributed by atoms with Gasteiger partial charge in [-0.15, -0.1) is 11.6 Å². The number of carbonyl (C=O) groups excluding carboxylic acids is 2. The van der Waals surface area contributed by atoms with E-state index in [2.05, 4.69) is 4.98 Å². The van der Waals surface area contributed by atoms with E-state index >= 15 is 4.39 Å². The van der Waals surface area contributed by atoms with E-state index in [0.29, 0.717) is 0 Å². The van der Waals surface area contributed by atoms with Crippen LogP contribution in [0, 0.1) is 11.8 Å². The molecule has 0 saturated carbocycles. The van der Waals surface area contributed by atoms with Crippen molar-refractivity contribution in [3.05, 3.63) is 22.7 Å². The maximum Gasteiger partial charge on any atom is 0.351 e. The fourth-order valence-electron chi connectivity index (χ4n) is 2.70. The molecule has 0 aliphatic carbocycles. The van der Waals surface area contributed by atoms with Gasteiger partial charge in [-0.1, -0.05) is 27.7 Å². The fourth-order valence-corrected chi connectivity index (χ4v) is 2.99. The Morgan fingerprint density at radius 3 is 2.48 bits per heavy atom. The molecule has 11 heteroatoms. The maximum atomic E-state index is 15.4. The van der Waals surface area contributed by atoms with Crippen LogP contribution in [0.15, 0.2) is 17.1 Å². The minimum atomic E-state index is -1.97. The maximum absolute atomic E-state index is 15.4. The van der Waals surface area contributed by atoms with Crippen molar-refractivity contribution in [2.24, 2.45) is 11.8 Å². The number of nitrogen functional groups attached to an aromatic ring is 1. The summed E-state index contributed by atoms with van der Waals surface area (Å²) < 4.78 is 32.6. The highest BCUT2D eigenvalue weighted by Gasteiger charge is 2.59. The average Bonchev–Trinajstić information content (AvgIpc) is 2.92. The third-order valence-corrected chi connectivity index (χ3v) is 4.88. The van der Waals surface area contributed by atoms with Crippen molar-refractivity contribution in [3.63, 3.8) is 0 Å². The van der Waals surface area contributed by atoms with Crippen molar-refractivity contribution >= 4 is 29.4 Å². The highest BCUT2D eigenvalue weighted by Crippen LogP contribution is 2.42. The second-order valence-corrected chi connectivity index (χ2v) is 7.74. The first kappa shape index (κ1) is 23.1. The third kappa shape index (κ3) is 4.87. The fraction of sp³-hybridized carbons (Fsp3) is 0.667. The molecule has 1 aromatic rings. The Morgan fingerprint density at radius 2 is 1.97 bits per heavy atom. The zero-order valence-corrected chi connectivity index (χ0v) is 17.4. The summed E-state index contributed by atoms with van der Waals surface area (Å²) in [7, 11) is 0. The molecule has 1 fully saturated rings. The molecule has 0 aromatic carbocycles. The molecule has 1 aromatic heterocycles. The molecule has 1 aliphatic rings. The van der Waals surface area contributed by atoms with Crippen LogP contribution in [0.3, 0.4) is 0 Å². The molecule has 1 saturated heterocycles. The molecule has 0 radical (unpaired) electrons. The van der Waals surface area contributed by atoms with Crippen LogP contribution in [-0.2, 0) is 23.8 Å². The molecule has 162 valence electrons. The third-order valence-electron chi connectivity index (χ3n) is 4.43. The van der Waals surface area contributed by atoms with Crippen LogP contribution in [0.5, 0.6) is 0 Å². The van der Waals surface area contributed by atoms with Gasteiger partial charge in [0.15, 0.2) is 24.1 Å². The normalized spacial score (nSPS) is 26.7. The highest BCUT2D eigenvalue weighted by molar-refractivity contribution is 6.18. The molecule has 29 heavy (non-hydrogen) atoms. The zero-order chi connectivity index (χ0) is 21.9. The largest absolute Gasteiger partial charge is 0.462 e. The van der Waals surface area contributed by atoms with Crippen LogP contribution in [0.4, 0.5) is 10.2 Å². The number of carbonyl (C=O) groups is 2. The summed E-state index contributed by atoms with van der Waals surface area (Å²) in [5.74, 6) is -2.64. The van der Waals surface area contributed by atoms with E-state index < -0.39 is 60.2 Å². The quantitative estimate of drug-likeness (QED) is 0.506. The molecule has 0 amide bonds. The molecular formula is C18H25ClFN3O6. The van der Waals surface area contributed by atoms with Gasteiger partial charge < -0.3 is 19.9 Å². The number of halogens is 2. The molecule has 2 heterocycles. The second kappa shape index (κ2) is 9.08. The zero-order valence-electron chi connectivity index (χ0n) is 16.6. The van der Waals surface area contributed by atoms with Crippen LogP contribution >= 0.6 is 11.6 Å². The average molecular weight is 434 g/mol. The van der Waals surface area contributed by atoms with E-state index in [0.717, 1.165) is 4.57 Å². The number of nitrogens with two attached hydrogens (primary N) is 1. The van der Waals surface area contributed by atoms with Crippen LogP contribution in [0.25, 0.3) is 0 Å². The number of ether oxygens (including phenoxy) is 3. The van der Waals surface area contributed by atoms with Crippen LogP contribution < -0.4 is 11.4 Å². The molecule has 9 nitrogen and oxygen atoms in total. The first-order chi connectivity index (χ1) is 13.5. The number of esters is 2. The lowest BCUT2D eigenvalue weighted by molar-refractivity contribution is -0.177. The summed E-state index contributed by atoms with van der Waals surface area (Å²) in [6.45, 7) is 5.96. The number of alkyl halides is 2. The Kier molecular flexibility index (Phi) is 7.23. The van der Waals surface area contributed by atoms with Gasteiger partial charge in [0.05, 0.1) is 17.7 Å².